The lowest BCUT2D eigenvalue weighted by Crippen LogP contribution is -2.41. The lowest BCUT2D eigenvalue weighted by molar-refractivity contribution is 0.174. The van der Waals surface area contributed by atoms with E-state index in [-0.39, 0.29) is 0 Å². The van der Waals surface area contributed by atoms with E-state index >= 15 is 0 Å². The number of piperidine rings is 1. The summed E-state index contributed by atoms with van der Waals surface area (Å²) in [6, 6.07) is 14.2. The van der Waals surface area contributed by atoms with Crippen molar-refractivity contribution in [2.24, 2.45) is 0 Å². The van der Waals surface area contributed by atoms with Crippen LogP contribution in [-0.4, -0.2) is 47.9 Å². The van der Waals surface area contributed by atoms with E-state index in [4.69, 9.17) is 14.2 Å². The smallest absolute Gasteiger partial charge is 0.231 e. The van der Waals surface area contributed by atoms with Crippen LogP contribution in [0.5, 0.6) is 17.2 Å². The first-order valence-electron chi connectivity index (χ1n) is 10.6. The molecule has 3 aromatic rings. The van der Waals surface area contributed by atoms with Crippen molar-refractivity contribution in [2.45, 2.75) is 25.4 Å². The predicted octanol–water partition coefficient (Wildman–Crippen LogP) is 3.96. The normalized spacial score (nSPS) is 18.0. The minimum atomic E-state index is 0.301. The zero-order chi connectivity index (χ0) is 21.0. The van der Waals surface area contributed by atoms with Gasteiger partial charge in [0.25, 0.3) is 0 Å². The number of nitrogens with zero attached hydrogens (tertiary/aromatic N) is 3. The van der Waals surface area contributed by atoms with Crippen LogP contribution in [0.2, 0.25) is 0 Å². The third-order valence-corrected chi connectivity index (χ3v) is 5.71. The van der Waals surface area contributed by atoms with Crippen molar-refractivity contribution in [1.29, 1.82) is 0 Å². The van der Waals surface area contributed by atoms with Crippen LogP contribution < -0.4 is 19.5 Å². The average molecular weight is 418 g/mol. The van der Waals surface area contributed by atoms with E-state index in [1.165, 1.54) is 0 Å². The number of hydrogen-bond acceptors (Lipinski definition) is 7. The number of nitrogens with one attached hydrogen (secondary N) is 1. The first-order valence-corrected chi connectivity index (χ1v) is 10.6. The summed E-state index contributed by atoms with van der Waals surface area (Å²) >= 11 is 0. The SMILES string of the molecule is COc1ccc(-c2ncc(CN3CCCC(Nc4ccc5c(c4)OCO5)C3)cn2)cc1. The van der Waals surface area contributed by atoms with Crippen molar-refractivity contribution >= 4 is 5.69 Å². The van der Waals surface area contributed by atoms with Gasteiger partial charge in [-0.1, -0.05) is 0 Å². The van der Waals surface area contributed by atoms with Gasteiger partial charge < -0.3 is 19.5 Å². The van der Waals surface area contributed by atoms with Gasteiger partial charge >= 0.3 is 0 Å². The van der Waals surface area contributed by atoms with Crippen LogP contribution in [-0.2, 0) is 6.54 Å². The second-order valence-electron chi connectivity index (χ2n) is 7.93. The van der Waals surface area contributed by atoms with E-state index in [1.807, 2.05) is 48.8 Å². The molecule has 0 aliphatic carbocycles. The summed E-state index contributed by atoms with van der Waals surface area (Å²) in [7, 11) is 1.66. The fourth-order valence-electron chi connectivity index (χ4n) is 4.12. The van der Waals surface area contributed by atoms with Crippen LogP contribution in [0.4, 0.5) is 5.69 Å². The van der Waals surface area contributed by atoms with Crippen LogP contribution in [0.15, 0.2) is 54.9 Å². The van der Waals surface area contributed by atoms with Gasteiger partial charge in [0.1, 0.15) is 5.75 Å². The maximum Gasteiger partial charge on any atom is 0.231 e. The van der Waals surface area contributed by atoms with Crippen molar-refractivity contribution < 1.29 is 14.2 Å². The summed E-state index contributed by atoms with van der Waals surface area (Å²) in [5.74, 6) is 3.18. The molecule has 2 aromatic carbocycles. The molecule has 31 heavy (non-hydrogen) atoms. The number of hydrogen-bond donors (Lipinski definition) is 1. The van der Waals surface area contributed by atoms with Gasteiger partial charge in [0.2, 0.25) is 6.79 Å². The molecule has 0 spiro atoms. The highest BCUT2D eigenvalue weighted by atomic mass is 16.7. The van der Waals surface area contributed by atoms with Crippen molar-refractivity contribution in [3.63, 3.8) is 0 Å². The molecule has 2 aliphatic rings. The van der Waals surface area contributed by atoms with Crippen molar-refractivity contribution in [3.05, 3.63) is 60.4 Å². The van der Waals surface area contributed by atoms with Crippen LogP contribution in [0, 0.1) is 0 Å². The first kappa shape index (κ1) is 19.6. The van der Waals surface area contributed by atoms with Gasteiger partial charge in [0, 0.05) is 54.4 Å². The summed E-state index contributed by atoms with van der Waals surface area (Å²) in [5.41, 5.74) is 3.18. The Hall–Kier alpha value is -3.32. The van der Waals surface area contributed by atoms with E-state index in [1.54, 1.807) is 7.11 Å². The van der Waals surface area contributed by atoms with E-state index in [0.717, 1.165) is 72.4 Å². The molecule has 0 bridgehead atoms. The van der Waals surface area contributed by atoms with Gasteiger partial charge in [-0.25, -0.2) is 9.97 Å². The molecule has 1 fully saturated rings. The maximum atomic E-state index is 5.49. The number of methoxy groups -OCH3 is 1. The summed E-state index contributed by atoms with van der Waals surface area (Å²) in [6.07, 6.45) is 6.17. The summed E-state index contributed by atoms with van der Waals surface area (Å²) in [4.78, 5) is 11.6. The highest BCUT2D eigenvalue weighted by molar-refractivity contribution is 5.56. The molecule has 7 heteroatoms. The molecule has 0 radical (unpaired) electrons. The van der Waals surface area contributed by atoms with Crippen LogP contribution >= 0.6 is 0 Å². The van der Waals surface area contributed by atoms with E-state index < -0.39 is 0 Å². The molecule has 0 saturated carbocycles. The van der Waals surface area contributed by atoms with Gasteiger partial charge in [-0.15, -0.1) is 0 Å². The fourth-order valence-corrected chi connectivity index (χ4v) is 4.12. The topological polar surface area (TPSA) is 68.7 Å². The Kier molecular flexibility index (Phi) is 5.58. The third-order valence-electron chi connectivity index (χ3n) is 5.71. The number of ether oxygens (including phenoxy) is 3. The van der Waals surface area contributed by atoms with Gasteiger partial charge in [-0.3, -0.25) is 4.90 Å². The molecule has 1 aromatic heterocycles. The van der Waals surface area contributed by atoms with Gasteiger partial charge in [-0.05, 0) is 55.8 Å². The maximum absolute atomic E-state index is 5.49. The fraction of sp³-hybridized carbons (Fsp3) is 0.333. The minimum absolute atomic E-state index is 0.301. The van der Waals surface area contributed by atoms with Gasteiger partial charge in [0.15, 0.2) is 17.3 Å². The van der Waals surface area contributed by atoms with E-state index in [9.17, 15) is 0 Å². The lowest BCUT2D eigenvalue weighted by atomic mass is 10.0. The monoisotopic (exact) mass is 418 g/mol. The molecule has 3 heterocycles. The zero-order valence-electron chi connectivity index (χ0n) is 17.6. The number of anilines is 1. The summed E-state index contributed by atoms with van der Waals surface area (Å²) in [6.45, 7) is 3.21. The molecule has 7 nitrogen and oxygen atoms in total. The van der Waals surface area contributed by atoms with Crippen molar-refractivity contribution in [3.8, 4) is 28.6 Å². The quantitative estimate of drug-likeness (QED) is 0.650. The van der Waals surface area contributed by atoms with Crippen LogP contribution in [0.25, 0.3) is 11.4 Å². The Labute approximate surface area is 182 Å². The highest BCUT2D eigenvalue weighted by Crippen LogP contribution is 2.34. The number of benzene rings is 2. The molecular formula is C24H26N4O3. The number of rotatable bonds is 6. The molecule has 0 amide bonds. The average Bonchev–Trinajstić information content (AvgIpc) is 3.28. The Morgan fingerprint density at radius 1 is 1.06 bits per heavy atom. The molecule has 1 saturated heterocycles. The summed E-state index contributed by atoms with van der Waals surface area (Å²) in [5, 5.41) is 3.65. The molecule has 1 unspecified atom stereocenters. The second-order valence-corrected chi connectivity index (χ2v) is 7.93. The first-order chi connectivity index (χ1) is 15.3. The molecule has 5 rings (SSSR count). The summed E-state index contributed by atoms with van der Waals surface area (Å²) < 4.78 is 16.1. The molecule has 2 aliphatic heterocycles. The highest BCUT2D eigenvalue weighted by Gasteiger charge is 2.21. The Morgan fingerprint density at radius 3 is 2.68 bits per heavy atom. The largest absolute Gasteiger partial charge is 0.497 e. The third kappa shape index (κ3) is 4.56. The lowest BCUT2D eigenvalue weighted by Gasteiger charge is -2.33. The van der Waals surface area contributed by atoms with E-state index in [0.29, 0.717) is 12.8 Å². The van der Waals surface area contributed by atoms with Crippen molar-refractivity contribution in [2.75, 3.05) is 32.3 Å². The molecule has 160 valence electrons. The Balaban J connectivity index is 1.19. The zero-order valence-corrected chi connectivity index (χ0v) is 17.6. The number of fused-ring (bicyclic) bond motifs is 1. The van der Waals surface area contributed by atoms with Gasteiger partial charge in [-0.2, -0.15) is 0 Å². The predicted molar refractivity (Wildman–Crippen MR) is 119 cm³/mol. The number of aromatic nitrogens is 2. The molecule has 1 N–H and O–H groups in total. The van der Waals surface area contributed by atoms with E-state index in [2.05, 4.69) is 26.3 Å². The van der Waals surface area contributed by atoms with Crippen LogP contribution in [0.3, 0.4) is 0 Å². The molecular weight excluding hydrogens is 392 g/mol. The Bertz CT molecular complexity index is 1020. The Morgan fingerprint density at radius 2 is 1.87 bits per heavy atom. The second kappa shape index (κ2) is 8.81. The van der Waals surface area contributed by atoms with Gasteiger partial charge in [0.05, 0.1) is 7.11 Å². The van der Waals surface area contributed by atoms with Crippen molar-refractivity contribution in [1.82, 2.24) is 14.9 Å². The molecule has 1 atom stereocenters. The number of likely N-dealkylation sites (tertiary alicyclic amines) is 1. The minimum Gasteiger partial charge on any atom is -0.497 e. The standard InChI is InChI=1S/C24H26N4O3/c1-29-21-7-4-18(5-8-21)24-25-12-17(13-26-24)14-28-10-2-3-20(15-28)27-19-6-9-22-23(11-19)31-16-30-22/h4-9,11-13,20,27H,2-3,10,14-16H2,1H3. The van der Waals surface area contributed by atoms with Crippen LogP contribution in [0.1, 0.15) is 18.4 Å².